The molecule has 3 N–H and O–H groups in total. The summed E-state index contributed by atoms with van der Waals surface area (Å²) >= 11 is 0. The number of benzene rings is 3. The topological polar surface area (TPSA) is 96.3 Å². The number of nitrogens with zero attached hydrogens (tertiary/aromatic N) is 1. The number of para-hydroxylation sites is 1. The van der Waals surface area contributed by atoms with Crippen molar-refractivity contribution in [3.63, 3.8) is 0 Å². The number of carbonyl (C=O) groups is 1. The number of anilines is 1. The molecular weight excluding hydrogens is 440 g/mol. The van der Waals surface area contributed by atoms with Crippen LogP contribution in [0.2, 0.25) is 0 Å². The van der Waals surface area contributed by atoms with Gasteiger partial charge in [0.15, 0.2) is 0 Å². The van der Waals surface area contributed by atoms with Crippen LogP contribution >= 0.6 is 0 Å². The predicted octanol–water partition coefficient (Wildman–Crippen LogP) is 6.49. The minimum absolute atomic E-state index is 0.0582. The third-order valence-corrected chi connectivity index (χ3v) is 5.95. The van der Waals surface area contributed by atoms with Gasteiger partial charge in [0, 0.05) is 37.0 Å². The van der Waals surface area contributed by atoms with Crippen LogP contribution in [-0.4, -0.2) is 17.5 Å². The lowest BCUT2D eigenvalue weighted by molar-refractivity contribution is -0.384. The molecule has 3 aromatic carbocycles. The highest BCUT2D eigenvalue weighted by molar-refractivity contribution is 5.91. The first-order chi connectivity index (χ1) is 16.8. The summed E-state index contributed by atoms with van der Waals surface area (Å²) in [6.45, 7) is 9.25. The quantitative estimate of drug-likeness (QED) is 0.231. The number of hydrogen-bond donors (Lipinski definition) is 3. The van der Waals surface area contributed by atoms with Crippen molar-refractivity contribution in [3.8, 4) is 0 Å². The molecule has 0 bridgehead atoms. The van der Waals surface area contributed by atoms with Crippen LogP contribution < -0.4 is 16.0 Å². The first-order valence-corrected chi connectivity index (χ1v) is 12.0. The summed E-state index contributed by atoms with van der Waals surface area (Å²) in [6, 6.07) is 22.1. The Morgan fingerprint density at radius 2 is 1.51 bits per heavy atom. The fourth-order valence-corrected chi connectivity index (χ4v) is 4.06. The van der Waals surface area contributed by atoms with Crippen molar-refractivity contribution in [1.29, 1.82) is 0 Å². The Hall–Kier alpha value is -3.71. The maximum absolute atomic E-state index is 13.0. The van der Waals surface area contributed by atoms with Gasteiger partial charge in [-0.2, -0.15) is 0 Å². The molecule has 3 rings (SSSR count). The minimum Gasteiger partial charge on any atom is -0.336 e. The Morgan fingerprint density at radius 1 is 0.886 bits per heavy atom. The van der Waals surface area contributed by atoms with Gasteiger partial charge in [0.25, 0.3) is 5.69 Å². The Balaban J connectivity index is 1.72. The van der Waals surface area contributed by atoms with Crippen LogP contribution in [0.15, 0.2) is 72.8 Å². The number of nitrogens with one attached hydrogen (secondary N) is 3. The number of non-ortho nitro benzene ring substituents is 1. The number of urea groups is 1. The molecule has 0 aliphatic carbocycles. The van der Waals surface area contributed by atoms with Crippen molar-refractivity contribution in [2.45, 2.75) is 52.1 Å². The van der Waals surface area contributed by atoms with E-state index < -0.39 is 4.92 Å². The molecule has 3 aromatic rings. The fourth-order valence-electron chi connectivity index (χ4n) is 4.06. The number of nitro groups is 1. The van der Waals surface area contributed by atoms with Crippen molar-refractivity contribution in [1.82, 2.24) is 10.6 Å². The molecular formula is C28H34N4O3. The summed E-state index contributed by atoms with van der Waals surface area (Å²) < 4.78 is 0. The van der Waals surface area contributed by atoms with Crippen LogP contribution in [0.3, 0.4) is 0 Å². The second-order valence-corrected chi connectivity index (χ2v) is 9.23. The Morgan fingerprint density at radius 3 is 2.11 bits per heavy atom. The molecule has 0 aliphatic rings. The summed E-state index contributed by atoms with van der Waals surface area (Å²) in [5.74, 6) is 0.551. The molecule has 35 heavy (non-hydrogen) atoms. The van der Waals surface area contributed by atoms with Crippen LogP contribution in [-0.2, 0) is 6.54 Å². The lowest BCUT2D eigenvalue weighted by Gasteiger charge is -2.22. The lowest BCUT2D eigenvalue weighted by atomic mass is 9.93. The van der Waals surface area contributed by atoms with Gasteiger partial charge in [0.05, 0.1) is 4.92 Å². The fraction of sp³-hybridized carbons (Fsp3) is 0.321. The van der Waals surface area contributed by atoms with E-state index in [0.29, 0.717) is 13.1 Å². The highest BCUT2D eigenvalue weighted by atomic mass is 16.6. The predicted molar refractivity (Wildman–Crippen MR) is 141 cm³/mol. The first kappa shape index (κ1) is 25.9. The van der Waals surface area contributed by atoms with Gasteiger partial charge in [-0.25, -0.2) is 4.79 Å². The summed E-state index contributed by atoms with van der Waals surface area (Å²) in [5.41, 5.74) is 4.96. The van der Waals surface area contributed by atoms with Gasteiger partial charge in [-0.3, -0.25) is 10.1 Å². The monoisotopic (exact) mass is 474 g/mol. The van der Waals surface area contributed by atoms with Gasteiger partial charge < -0.3 is 16.0 Å². The van der Waals surface area contributed by atoms with E-state index in [1.165, 1.54) is 6.07 Å². The molecule has 0 fully saturated rings. The Kier molecular flexibility index (Phi) is 8.98. The molecule has 0 aliphatic heterocycles. The number of carbonyl (C=O) groups excluding carboxylic acids is 1. The summed E-state index contributed by atoms with van der Waals surface area (Å²) in [5, 5.41) is 20.6. The van der Waals surface area contributed by atoms with Gasteiger partial charge >= 0.3 is 6.03 Å². The van der Waals surface area contributed by atoms with Crippen LogP contribution in [0.1, 0.15) is 67.8 Å². The van der Waals surface area contributed by atoms with E-state index in [1.807, 2.05) is 42.5 Å². The summed E-state index contributed by atoms with van der Waals surface area (Å²) in [6.07, 6.45) is 0. The molecule has 0 saturated heterocycles. The maximum Gasteiger partial charge on any atom is 0.319 e. The van der Waals surface area contributed by atoms with Crippen LogP contribution in [0, 0.1) is 10.1 Å². The van der Waals surface area contributed by atoms with Crippen molar-refractivity contribution in [3.05, 3.63) is 105 Å². The number of nitro benzene ring substituents is 1. The van der Waals surface area contributed by atoms with Gasteiger partial charge in [-0.1, -0.05) is 88.4 Å². The van der Waals surface area contributed by atoms with Crippen molar-refractivity contribution in [2.24, 2.45) is 0 Å². The zero-order valence-corrected chi connectivity index (χ0v) is 20.7. The standard InChI is InChI=1S/C28H34N4O3/c1-19(2)24-14-9-15-25(20(3)4)27(24)31-28(33)30-18-26(22-11-6-5-7-12-22)29-17-21-10-8-13-23(16-21)32(34)35/h5-16,19-20,26,29H,17-18H2,1-4H3,(H2,30,31,33). The Bertz CT molecular complexity index is 1120. The SMILES string of the molecule is CC(C)c1cccc(C(C)C)c1NC(=O)NCC(NCc1cccc([N+](=O)[O-])c1)c1ccccc1. The average molecular weight is 475 g/mol. The highest BCUT2D eigenvalue weighted by Crippen LogP contribution is 2.32. The van der Waals surface area contributed by atoms with E-state index in [4.69, 9.17) is 0 Å². The van der Waals surface area contributed by atoms with Gasteiger partial charge in [0.1, 0.15) is 0 Å². The summed E-state index contributed by atoms with van der Waals surface area (Å²) in [7, 11) is 0. The first-order valence-electron chi connectivity index (χ1n) is 12.0. The smallest absolute Gasteiger partial charge is 0.319 e. The lowest BCUT2D eigenvalue weighted by Crippen LogP contribution is -2.37. The number of amides is 2. The van der Waals surface area contributed by atoms with Gasteiger partial charge in [0.2, 0.25) is 0 Å². The number of rotatable bonds is 10. The second kappa shape index (κ2) is 12.1. The van der Waals surface area contributed by atoms with Crippen molar-refractivity contribution >= 4 is 17.4 Å². The zero-order valence-electron chi connectivity index (χ0n) is 20.7. The van der Waals surface area contributed by atoms with E-state index in [0.717, 1.165) is 27.9 Å². The van der Waals surface area contributed by atoms with E-state index in [-0.39, 0.29) is 29.6 Å². The second-order valence-electron chi connectivity index (χ2n) is 9.23. The summed E-state index contributed by atoms with van der Waals surface area (Å²) in [4.78, 5) is 23.7. The number of hydrogen-bond acceptors (Lipinski definition) is 4. The molecule has 0 radical (unpaired) electrons. The van der Waals surface area contributed by atoms with Gasteiger partial charge in [-0.15, -0.1) is 0 Å². The largest absolute Gasteiger partial charge is 0.336 e. The molecule has 0 saturated carbocycles. The van der Waals surface area contributed by atoms with E-state index in [9.17, 15) is 14.9 Å². The molecule has 0 spiro atoms. The van der Waals surface area contributed by atoms with Crippen molar-refractivity contribution < 1.29 is 9.72 Å². The maximum atomic E-state index is 13.0. The molecule has 1 atom stereocenters. The molecule has 0 aromatic heterocycles. The molecule has 7 nitrogen and oxygen atoms in total. The highest BCUT2D eigenvalue weighted by Gasteiger charge is 2.18. The van der Waals surface area contributed by atoms with Crippen molar-refractivity contribution in [2.75, 3.05) is 11.9 Å². The third kappa shape index (κ3) is 7.13. The average Bonchev–Trinajstić information content (AvgIpc) is 2.84. The minimum atomic E-state index is -0.398. The Labute approximate surface area is 207 Å². The normalized spacial score (nSPS) is 11.9. The molecule has 1 unspecified atom stereocenters. The molecule has 7 heteroatoms. The van der Waals surface area contributed by atoms with Crippen LogP contribution in [0.4, 0.5) is 16.2 Å². The zero-order chi connectivity index (χ0) is 25.4. The molecule has 184 valence electrons. The molecule has 0 heterocycles. The molecule has 2 amide bonds. The van der Waals surface area contributed by atoms with E-state index in [1.54, 1.807) is 12.1 Å². The van der Waals surface area contributed by atoms with Gasteiger partial charge in [-0.05, 0) is 34.1 Å². The van der Waals surface area contributed by atoms with Crippen LogP contribution in [0.5, 0.6) is 0 Å². The van der Waals surface area contributed by atoms with E-state index in [2.05, 4.69) is 55.8 Å². The third-order valence-electron chi connectivity index (χ3n) is 5.95. The van der Waals surface area contributed by atoms with E-state index >= 15 is 0 Å². The van der Waals surface area contributed by atoms with Crippen LogP contribution in [0.25, 0.3) is 0 Å².